The minimum Gasteiger partial charge on any atom is -0.395 e. The Morgan fingerprint density at radius 2 is 1.91 bits per heavy atom. The predicted octanol–water partition coefficient (Wildman–Crippen LogP) is 2.25. The first-order valence-corrected chi connectivity index (χ1v) is 8.22. The van der Waals surface area contributed by atoms with Crippen LogP contribution in [-0.4, -0.2) is 37.8 Å². The zero-order valence-corrected chi connectivity index (χ0v) is 15.1. The van der Waals surface area contributed by atoms with E-state index in [4.69, 9.17) is 9.94 Å². The zero-order valence-electron chi connectivity index (χ0n) is 15.1. The van der Waals surface area contributed by atoms with Crippen LogP contribution in [0.15, 0.2) is 24.3 Å². The van der Waals surface area contributed by atoms with Gasteiger partial charge in [-0.15, -0.1) is 0 Å². The molecule has 1 atom stereocenters. The van der Waals surface area contributed by atoms with Crippen molar-refractivity contribution in [3.8, 4) is 0 Å². The van der Waals surface area contributed by atoms with Gasteiger partial charge in [-0.1, -0.05) is 38.1 Å². The number of aliphatic hydroxyl groups is 1. The molecule has 5 heteroatoms. The minimum atomic E-state index is -0.188. The maximum atomic E-state index is 11.9. The van der Waals surface area contributed by atoms with Crippen molar-refractivity contribution in [1.82, 2.24) is 10.8 Å². The molecular formula is C18H32N2O3. The molecule has 0 aliphatic rings. The van der Waals surface area contributed by atoms with E-state index in [2.05, 4.69) is 30.7 Å². The van der Waals surface area contributed by atoms with Gasteiger partial charge in [-0.05, 0) is 44.4 Å². The molecule has 23 heavy (non-hydrogen) atoms. The largest absolute Gasteiger partial charge is 0.395 e. The Hall–Kier alpha value is -1.43. The van der Waals surface area contributed by atoms with Gasteiger partial charge in [0, 0.05) is 6.54 Å². The monoisotopic (exact) mass is 324 g/mol. The van der Waals surface area contributed by atoms with Gasteiger partial charge in [0.2, 0.25) is 0 Å². The Morgan fingerprint density at radius 3 is 2.39 bits per heavy atom. The molecule has 132 valence electrons. The lowest BCUT2D eigenvalue weighted by Crippen LogP contribution is -2.28. The number of hydroxylamine groups is 1. The lowest BCUT2D eigenvalue weighted by Gasteiger charge is -2.17. The highest BCUT2D eigenvalue weighted by Gasteiger charge is 2.18. The highest BCUT2D eigenvalue weighted by molar-refractivity contribution is 5.82. The predicted molar refractivity (Wildman–Crippen MR) is 94.2 cm³/mol. The van der Waals surface area contributed by atoms with Gasteiger partial charge in [-0.25, -0.2) is 5.48 Å². The van der Waals surface area contributed by atoms with Crippen LogP contribution in [0.4, 0.5) is 0 Å². The van der Waals surface area contributed by atoms with E-state index in [9.17, 15) is 4.79 Å². The van der Waals surface area contributed by atoms with Gasteiger partial charge in [-0.3, -0.25) is 9.63 Å². The Bertz CT molecular complexity index is 434. The Morgan fingerprint density at radius 1 is 1.26 bits per heavy atom. The minimum absolute atomic E-state index is 0.0898. The van der Waals surface area contributed by atoms with Crippen LogP contribution < -0.4 is 10.8 Å². The number of amides is 1. The summed E-state index contributed by atoms with van der Waals surface area (Å²) in [6, 6.07) is 8.12. The number of carbonyl (C=O) groups is 1. The molecule has 0 fully saturated rings. The molecule has 0 saturated heterocycles. The number of carbonyl (C=O) groups excluding carboxylic acids is 1. The second kappa shape index (κ2) is 13.0. The molecule has 0 heterocycles. The van der Waals surface area contributed by atoms with Gasteiger partial charge in [0.05, 0.1) is 19.1 Å². The third-order valence-corrected chi connectivity index (χ3v) is 3.22. The molecule has 0 saturated carbocycles. The van der Waals surface area contributed by atoms with Crippen molar-refractivity contribution in [2.24, 2.45) is 5.92 Å². The number of rotatable bonds is 8. The molecule has 0 aromatic heterocycles. The number of nitrogens with one attached hydrogen (secondary N) is 2. The molecule has 1 rings (SSSR count). The van der Waals surface area contributed by atoms with Crippen molar-refractivity contribution in [2.75, 3.05) is 26.8 Å². The molecule has 0 aliphatic heterocycles. The van der Waals surface area contributed by atoms with Crippen LogP contribution in [0, 0.1) is 5.92 Å². The summed E-state index contributed by atoms with van der Waals surface area (Å²) in [6.45, 7) is 9.52. The summed E-state index contributed by atoms with van der Waals surface area (Å²) in [5, 5.41) is 10.8. The average molecular weight is 324 g/mol. The lowest BCUT2D eigenvalue weighted by atomic mass is 9.90. The van der Waals surface area contributed by atoms with E-state index < -0.39 is 0 Å². The van der Waals surface area contributed by atoms with Crippen molar-refractivity contribution < 1.29 is 14.7 Å². The molecule has 3 N–H and O–H groups in total. The van der Waals surface area contributed by atoms with E-state index in [0.29, 0.717) is 19.1 Å². The second-order valence-corrected chi connectivity index (χ2v) is 5.74. The highest BCUT2D eigenvalue weighted by atomic mass is 16.6. The Balaban J connectivity index is 0.000000841. The number of benzene rings is 1. The maximum Gasteiger partial charge on any atom is 0.250 e. The highest BCUT2D eigenvalue weighted by Crippen LogP contribution is 2.22. The quantitative estimate of drug-likeness (QED) is 0.642. The van der Waals surface area contributed by atoms with Gasteiger partial charge in [-0.2, -0.15) is 0 Å². The fourth-order valence-corrected chi connectivity index (χ4v) is 2.07. The summed E-state index contributed by atoms with van der Waals surface area (Å²) < 4.78 is 0. The number of hydrogen-bond acceptors (Lipinski definition) is 4. The third kappa shape index (κ3) is 9.33. The molecule has 0 spiro atoms. The van der Waals surface area contributed by atoms with Gasteiger partial charge in [0.25, 0.3) is 5.91 Å². The van der Waals surface area contributed by atoms with Crippen molar-refractivity contribution in [3.05, 3.63) is 35.4 Å². The van der Waals surface area contributed by atoms with Crippen molar-refractivity contribution in [2.45, 2.75) is 40.0 Å². The summed E-state index contributed by atoms with van der Waals surface area (Å²) in [7, 11) is 1.80. The lowest BCUT2D eigenvalue weighted by molar-refractivity contribution is -0.134. The number of likely N-dealkylation sites (N-methyl/N-ethyl adjacent to an activating group) is 1. The van der Waals surface area contributed by atoms with Crippen molar-refractivity contribution >= 4 is 5.91 Å². The van der Waals surface area contributed by atoms with Crippen LogP contribution in [0.1, 0.15) is 44.7 Å². The molecule has 1 aromatic rings. The van der Waals surface area contributed by atoms with E-state index in [-0.39, 0.29) is 18.4 Å². The van der Waals surface area contributed by atoms with Crippen LogP contribution in [0.3, 0.4) is 0 Å². The van der Waals surface area contributed by atoms with Crippen molar-refractivity contribution in [3.63, 3.8) is 0 Å². The fraction of sp³-hybridized carbons (Fsp3) is 0.611. The Labute approximate surface area is 140 Å². The first-order chi connectivity index (χ1) is 11.0. The van der Waals surface area contributed by atoms with Crippen LogP contribution in [0.5, 0.6) is 0 Å². The SMILES string of the molecule is CCONC(=O)C(C)c1ccccc1CC(C)C.CNCCO. The summed E-state index contributed by atoms with van der Waals surface area (Å²) in [4.78, 5) is 16.9. The smallest absolute Gasteiger partial charge is 0.250 e. The number of hydrogen-bond donors (Lipinski definition) is 3. The van der Waals surface area contributed by atoms with E-state index in [1.54, 1.807) is 7.05 Å². The Kier molecular flexibility index (Phi) is 12.2. The van der Waals surface area contributed by atoms with Crippen LogP contribution in [-0.2, 0) is 16.1 Å². The molecule has 1 amide bonds. The van der Waals surface area contributed by atoms with Gasteiger partial charge in [0.15, 0.2) is 0 Å². The normalized spacial score (nSPS) is 11.6. The second-order valence-electron chi connectivity index (χ2n) is 5.74. The van der Waals surface area contributed by atoms with Crippen LogP contribution in [0.25, 0.3) is 0 Å². The van der Waals surface area contributed by atoms with E-state index in [1.807, 2.05) is 32.0 Å². The number of aliphatic hydroxyl groups excluding tert-OH is 1. The summed E-state index contributed by atoms with van der Waals surface area (Å²) in [6.07, 6.45) is 0.989. The molecule has 0 aliphatic carbocycles. The van der Waals surface area contributed by atoms with E-state index in [0.717, 1.165) is 12.0 Å². The first-order valence-electron chi connectivity index (χ1n) is 8.22. The maximum absolute atomic E-state index is 11.9. The van der Waals surface area contributed by atoms with E-state index >= 15 is 0 Å². The topological polar surface area (TPSA) is 70.6 Å². The van der Waals surface area contributed by atoms with Gasteiger partial charge < -0.3 is 10.4 Å². The summed E-state index contributed by atoms with van der Waals surface area (Å²) in [5.74, 6) is 0.299. The summed E-state index contributed by atoms with van der Waals surface area (Å²) >= 11 is 0. The van der Waals surface area contributed by atoms with E-state index in [1.165, 1.54) is 5.56 Å². The van der Waals surface area contributed by atoms with Crippen molar-refractivity contribution in [1.29, 1.82) is 0 Å². The molecule has 1 unspecified atom stereocenters. The summed E-state index contributed by atoms with van der Waals surface area (Å²) in [5.41, 5.74) is 4.80. The molecular weight excluding hydrogens is 292 g/mol. The average Bonchev–Trinajstić information content (AvgIpc) is 2.53. The molecule has 5 nitrogen and oxygen atoms in total. The van der Waals surface area contributed by atoms with Crippen LogP contribution in [0.2, 0.25) is 0 Å². The van der Waals surface area contributed by atoms with Crippen LogP contribution >= 0.6 is 0 Å². The third-order valence-electron chi connectivity index (χ3n) is 3.22. The fourth-order valence-electron chi connectivity index (χ4n) is 2.07. The first kappa shape index (κ1) is 21.6. The molecule has 0 radical (unpaired) electrons. The van der Waals surface area contributed by atoms with Gasteiger partial charge >= 0.3 is 0 Å². The standard InChI is InChI=1S/C15H23NO2.C3H9NO/c1-5-18-16-15(17)12(4)14-9-7-6-8-13(14)10-11(2)3;1-4-2-3-5/h6-9,11-12H,5,10H2,1-4H3,(H,16,17);4-5H,2-3H2,1H3. The van der Waals surface area contributed by atoms with Gasteiger partial charge in [0.1, 0.15) is 0 Å². The molecule has 0 bridgehead atoms. The molecule has 1 aromatic carbocycles. The zero-order chi connectivity index (χ0) is 17.7.